The maximum absolute atomic E-state index is 12.2. The average Bonchev–Trinajstić information content (AvgIpc) is 2.40. The maximum Gasteiger partial charge on any atom is 0.227 e. The second-order valence-electron chi connectivity index (χ2n) is 4.52. The van der Waals surface area contributed by atoms with E-state index in [0.717, 1.165) is 12.0 Å². The molecule has 0 spiro atoms. The Labute approximate surface area is 110 Å². The summed E-state index contributed by atoms with van der Waals surface area (Å²) in [5, 5.41) is 2.92. The molecule has 2 nitrogen and oxygen atoms in total. The molecule has 0 saturated carbocycles. The zero-order chi connectivity index (χ0) is 13.4. The van der Waals surface area contributed by atoms with Crippen molar-refractivity contribution in [2.75, 3.05) is 6.54 Å². The van der Waals surface area contributed by atoms with Crippen molar-refractivity contribution in [1.29, 1.82) is 0 Å². The van der Waals surface area contributed by atoms with Crippen molar-refractivity contribution < 1.29 is 4.79 Å². The number of terminal acetylenes is 1. The van der Waals surface area contributed by atoms with E-state index < -0.39 is 0 Å². The molecular formula is C16H21NO. The summed E-state index contributed by atoms with van der Waals surface area (Å²) in [6.07, 6.45) is 6.74. The van der Waals surface area contributed by atoms with Crippen molar-refractivity contribution in [2.45, 2.75) is 32.6 Å². The van der Waals surface area contributed by atoms with Gasteiger partial charge in [-0.25, -0.2) is 0 Å². The second-order valence-corrected chi connectivity index (χ2v) is 4.52. The van der Waals surface area contributed by atoms with Gasteiger partial charge >= 0.3 is 0 Å². The van der Waals surface area contributed by atoms with Crippen LogP contribution in [0.4, 0.5) is 0 Å². The molecule has 1 amide bonds. The van der Waals surface area contributed by atoms with Gasteiger partial charge in [-0.2, -0.15) is 0 Å². The molecule has 0 radical (unpaired) electrons. The predicted molar refractivity (Wildman–Crippen MR) is 75.1 cm³/mol. The molecule has 1 aromatic rings. The Bertz CT molecular complexity index is 405. The van der Waals surface area contributed by atoms with Crippen LogP contribution in [0.3, 0.4) is 0 Å². The average molecular weight is 243 g/mol. The van der Waals surface area contributed by atoms with Crippen LogP contribution < -0.4 is 5.32 Å². The van der Waals surface area contributed by atoms with Crippen LogP contribution in [0, 0.1) is 18.3 Å². The molecule has 1 aromatic carbocycles. The first kappa shape index (κ1) is 14.3. The zero-order valence-electron chi connectivity index (χ0n) is 11.1. The van der Waals surface area contributed by atoms with Crippen LogP contribution in [-0.2, 0) is 4.79 Å². The van der Waals surface area contributed by atoms with Gasteiger partial charge in [-0.15, -0.1) is 12.3 Å². The number of benzene rings is 1. The molecule has 0 aromatic heterocycles. The van der Waals surface area contributed by atoms with Gasteiger partial charge in [0.05, 0.1) is 5.92 Å². The summed E-state index contributed by atoms with van der Waals surface area (Å²) >= 11 is 0. The zero-order valence-corrected chi connectivity index (χ0v) is 11.1. The number of rotatable bonds is 6. The molecule has 0 aliphatic carbocycles. The first-order valence-corrected chi connectivity index (χ1v) is 6.46. The highest BCUT2D eigenvalue weighted by Crippen LogP contribution is 2.26. The third-order valence-electron chi connectivity index (χ3n) is 3.22. The van der Waals surface area contributed by atoms with Crippen LogP contribution in [0.25, 0.3) is 0 Å². The van der Waals surface area contributed by atoms with Crippen LogP contribution in [0.5, 0.6) is 0 Å². The summed E-state index contributed by atoms with van der Waals surface area (Å²) in [7, 11) is 0. The van der Waals surface area contributed by atoms with Gasteiger partial charge in [0.25, 0.3) is 0 Å². The topological polar surface area (TPSA) is 29.1 Å². The van der Waals surface area contributed by atoms with E-state index in [0.29, 0.717) is 18.9 Å². The SMILES string of the molecule is C#CCCNC(=O)C(c1ccccc1)C(C)CC. The fourth-order valence-corrected chi connectivity index (χ4v) is 2.00. The van der Waals surface area contributed by atoms with Gasteiger partial charge in [0, 0.05) is 13.0 Å². The molecule has 18 heavy (non-hydrogen) atoms. The molecule has 0 bridgehead atoms. The molecule has 2 atom stereocenters. The fourth-order valence-electron chi connectivity index (χ4n) is 2.00. The van der Waals surface area contributed by atoms with Gasteiger partial charge in [0.1, 0.15) is 0 Å². The van der Waals surface area contributed by atoms with E-state index in [1.165, 1.54) is 0 Å². The summed E-state index contributed by atoms with van der Waals surface area (Å²) in [5.41, 5.74) is 1.07. The molecule has 0 heterocycles. The minimum absolute atomic E-state index is 0.0748. The number of carbonyl (C=O) groups excluding carboxylic acids is 1. The molecule has 2 heteroatoms. The first-order chi connectivity index (χ1) is 8.70. The molecule has 0 fully saturated rings. The number of amides is 1. The molecule has 0 aliphatic rings. The van der Waals surface area contributed by atoms with E-state index in [-0.39, 0.29) is 11.8 Å². The number of carbonyl (C=O) groups is 1. The minimum Gasteiger partial charge on any atom is -0.355 e. The maximum atomic E-state index is 12.2. The fraction of sp³-hybridized carbons (Fsp3) is 0.438. The highest BCUT2D eigenvalue weighted by Gasteiger charge is 2.25. The highest BCUT2D eigenvalue weighted by atomic mass is 16.1. The minimum atomic E-state index is -0.0889. The normalized spacial score (nSPS) is 13.4. The Morgan fingerprint density at radius 3 is 2.61 bits per heavy atom. The van der Waals surface area contributed by atoms with Crippen LogP contribution in [0.2, 0.25) is 0 Å². The summed E-state index contributed by atoms with van der Waals surface area (Å²) in [5.74, 6) is 2.83. The molecule has 0 aliphatic heterocycles. The Hall–Kier alpha value is -1.75. The standard InChI is InChI=1S/C16H21NO/c1-4-6-12-17-16(18)15(13(3)5-2)14-10-8-7-9-11-14/h1,7-11,13,15H,5-6,12H2,2-3H3,(H,17,18). The number of nitrogens with one attached hydrogen (secondary N) is 1. The van der Waals surface area contributed by atoms with Crippen molar-refractivity contribution in [3.05, 3.63) is 35.9 Å². The molecular weight excluding hydrogens is 222 g/mol. The Kier molecular flexibility index (Phi) is 6.00. The Balaban J connectivity index is 2.80. The van der Waals surface area contributed by atoms with Gasteiger partial charge < -0.3 is 5.32 Å². The van der Waals surface area contributed by atoms with Gasteiger partial charge in [-0.05, 0) is 11.5 Å². The van der Waals surface area contributed by atoms with E-state index in [2.05, 4.69) is 25.1 Å². The van der Waals surface area contributed by atoms with Gasteiger partial charge in [0.15, 0.2) is 0 Å². The van der Waals surface area contributed by atoms with Gasteiger partial charge in [-0.1, -0.05) is 50.6 Å². The molecule has 96 valence electrons. The summed E-state index contributed by atoms with van der Waals surface area (Å²) in [6, 6.07) is 9.93. The van der Waals surface area contributed by atoms with E-state index in [1.54, 1.807) is 0 Å². The van der Waals surface area contributed by atoms with Gasteiger partial charge in [0.2, 0.25) is 5.91 Å². The summed E-state index contributed by atoms with van der Waals surface area (Å²) < 4.78 is 0. The number of hydrogen-bond acceptors (Lipinski definition) is 1. The van der Waals surface area contributed by atoms with E-state index in [9.17, 15) is 4.79 Å². The predicted octanol–water partition coefficient (Wildman–Crippen LogP) is 2.96. The van der Waals surface area contributed by atoms with Crippen molar-refractivity contribution in [3.8, 4) is 12.3 Å². The third-order valence-corrected chi connectivity index (χ3v) is 3.22. The van der Waals surface area contributed by atoms with Crippen LogP contribution in [0.1, 0.15) is 38.2 Å². The third kappa shape index (κ3) is 3.92. The summed E-state index contributed by atoms with van der Waals surface area (Å²) in [4.78, 5) is 12.2. The smallest absolute Gasteiger partial charge is 0.227 e. The van der Waals surface area contributed by atoms with Crippen molar-refractivity contribution in [3.63, 3.8) is 0 Å². The highest BCUT2D eigenvalue weighted by molar-refractivity contribution is 5.83. The van der Waals surface area contributed by atoms with Crippen molar-refractivity contribution >= 4 is 5.91 Å². The van der Waals surface area contributed by atoms with E-state index in [1.807, 2.05) is 30.3 Å². The van der Waals surface area contributed by atoms with Crippen LogP contribution in [0.15, 0.2) is 30.3 Å². The largest absolute Gasteiger partial charge is 0.355 e. The lowest BCUT2D eigenvalue weighted by Crippen LogP contribution is -2.33. The quantitative estimate of drug-likeness (QED) is 0.604. The van der Waals surface area contributed by atoms with E-state index >= 15 is 0 Å². The summed E-state index contributed by atoms with van der Waals surface area (Å²) in [6.45, 7) is 4.77. The van der Waals surface area contributed by atoms with Crippen molar-refractivity contribution in [2.24, 2.45) is 5.92 Å². The molecule has 0 saturated heterocycles. The Morgan fingerprint density at radius 2 is 2.06 bits per heavy atom. The van der Waals surface area contributed by atoms with Crippen LogP contribution in [-0.4, -0.2) is 12.5 Å². The van der Waals surface area contributed by atoms with Gasteiger partial charge in [-0.3, -0.25) is 4.79 Å². The number of hydrogen-bond donors (Lipinski definition) is 1. The molecule has 1 N–H and O–H groups in total. The van der Waals surface area contributed by atoms with Crippen molar-refractivity contribution in [1.82, 2.24) is 5.32 Å². The Morgan fingerprint density at radius 1 is 1.39 bits per heavy atom. The molecule has 2 unspecified atom stereocenters. The lowest BCUT2D eigenvalue weighted by molar-refractivity contribution is -0.123. The first-order valence-electron chi connectivity index (χ1n) is 6.46. The van der Waals surface area contributed by atoms with E-state index in [4.69, 9.17) is 6.42 Å². The molecule has 1 rings (SSSR count). The lowest BCUT2D eigenvalue weighted by atomic mass is 9.85. The lowest BCUT2D eigenvalue weighted by Gasteiger charge is -2.22. The monoisotopic (exact) mass is 243 g/mol. The second kappa shape index (κ2) is 7.55. The van der Waals surface area contributed by atoms with Crippen LogP contribution >= 0.6 is 0 Å².